The molecule has 2 aromatic carbocycles. The van der Waals surface area contributed by atoms with Gasteiger partial charge in [-0.3, -0.25) is 14.5 Å². The number of amides is 3. The number of cyclic esters (lactones) is 1. The third kappa shape index (κ3) is 3.72. The number of hydrogen-bond donors (Lipinski definition) is 1. The van der Waals surface area contributed by atoms with E-state index in [9.17, 15) is 14.4 Å². The zero-order valence-electron chi connectivity index (χ0n) is 14.9. The van der Waals surface area contributed by atoms with Gasteiger partial charge in [0.15, 0.2) is 0 Å². The molecule has 2 aliphatic heterocycles. The number of nitrogens with zero attached hydrogens (tertiary/aromatic N) is 2. The van der Waals surface area contributed by atoms with Gasteiger partial charge in [-0.2, -0.15) is 0 Å². The largest absolute Gasteiger partial charge is 0.448 e. The van der Waals surface area contributed by atoms with Crippen LogP contribution in [0.5, 0.6) is 0 Å². The highest BCUT2D eigenvalue weighted by molar-refractivity contribution is 5.87. The van der Waals surface area contributed by atoms with E-state index < -0.39 is 6.09 Å². The third-order valence-electron chi connectivity index (χ3n) is 5.00. The van der Waals surface area contributed by atoms with Crippen molar-refractivity contribution < 1.29 is 19.1 Å². The Balaban J connectivity index is 1.37. The lowest BCUT2D eigenvalue weighted by Crippen LogP contribution is -2.43. The topological polar surface area (TPSA) is 79.0 Å². The minimum atomic E-state index is -0.467. The van der Waals surface area contributed by atoms with Crippen LogP contribution in [-0.4, -0.2) is 60.0 Å². The van der Waals surface area contributed by atoms with Gasteiger partial charge in [0.1, 0.15) is 13.2 Å². The smallest absolute Gasteiger partial charge is 0.410 e. The highest BCUT2D eigenvalue weighted by Crippen LogP contribution is 2.22. The number of likely N-dealkylation sites (tertiary alicyclic amines) is 1. The van der Waals surface area contributed by atoms with Crippen LogP contribution in [0.25, 0.3) is 10.8 Å². The van der Waals surface area contributed by atoms with Crippen LogP contribution in [0.3, 0.4) is 0 Å². The van der Waals surface area contributed by atoms with Gasteiger partial charge in [-0.05, 0) is 16.3 Å². The van der Waals surface area contributed by atoms with E-state index in [4.69, 9.17) is 4.74 Å². The highest BCUT2D eigenvalue weighted by atomic mass is 16.6. The summed E-state index contributed by atoms with van der Waals surface area (Å²) in [6, 6.07) is 13.9. The van der Waals surface area contributed by atoms with E-state index in [2.05, 4.69) is 23.5 Å². The van der Waals surface area contributed by atoms with Gasteiger partial charge in [0, 0.05) is 19.5 Å². The van der Waals surface area contributed by atoms with Crippen molar-refractivity contribution in [2.75, 3.05) is 26.2 Å². The molecule has 2 fully saturated rings. The maximum atomic E-state index is 12.4. The molecular formula is C20H21N3O4. The molecule has 4 rings (SSSR count). The first kappa shape index (κ1) is 17.3. The van der Waals surface area contributed by atoms with Crippen molar-refractivity contribution in [2.45, 2.75) is 19.0 Å². The second-order valence-electron chi connectivity index (χ2n) is 6.92. The zero-order valence-corrected chi connectivity index (χ0v) is 14.9. The lowest BCUT2D eigenvalue weighted by atomic mass is 10.0. The Morgan fingerprint density at radius 3 is 2.74 bits per heavy atom. The normalized spacial score (nSPS) is 19.6. The average Bonchev–Trinajstić information content (AvgIpc) is 3.20. The SMILES string of the molecule is O=C(CN1CCOC1=O)NC1CC(=O)N(Cc2cccc3ccccc23)C1. The summed E-state index contributed by atoms with van der Waals surface area (Å²) in [4.78, 5) is 39.1. The molecule has 1 N–H and O–H groups in total. The van der Waals surface area contributed by atoms with E-state index in [1.54, 1.807) is 4.90 Å². The van der Waals surface area contributed by atoms with Gasteiger partial charge in [-0.1, -0.05) is 42.5 Å². The molecule has 0 spiro atoms. The Labute approximate surface area is 156 Å². The van der Waals surface area contributed by atoms with Crippen LogP contribution in [0.15, 0.2) is 42.5 Å². The summed E-state index contributed by atoms with van der Waals surface area (Å²) in [6.07, 6.45) is -0.189. The Hall–Kier alpha value is -3.09. The van der Waals surface area contributed by atoms with E-state index in [-0.39, 0.29) is 30.8 Å². The lowest BCUT2D eigenvalue weighted by molar-refractivity contribution is -0.128. The molecule has 7 heteroatoms. The predicted octanol–water partition coefficient (Wildman–Crippen LogP) is 1.51. The second-order valence-corrected chi connectivity index (χ2v) is 6.92. The summed E-state index contributed by atoms with van der Waals surface area (Å²) < 4.78 is 4.82. The molecule has 2 aliphatic rings. The molecule has 3 amide bonds. The van der Waals surface area contributed by atoms with Crippen molar-refractivity contribution in [3.05, 3.63) is 48.0 Å². The van der Waals surface area contributed by atoms with E-state index in [1.165, 1.54) is 4.90 Å². The number of nitrogens with one attached hydrogen (secondary N) is 1. The van der Waals surface area contributed by atoms with Crippen molar-refractivity contribution in [1.29, 1.82) is 0 Å². The van der Waals surface area contributed by atoms with Crippen molar-refractivity contribution in [3.8, 4) is 0 Å². The first-order chi connectivity index (χ1) is 13.1. The van der Waals surface area contributed by atoms with Crippen molar-refractivity contribution in [1.82, 2.24) is 15.1 Å². The summed E-state index contributed by atoms with van der Waals surface area (Å²) in [6.45, 7) is 1.69. The van der Waals surface area contributed by atoms with Crippen molar-refractivity contribution in [2.24, 2.45) is 0 Å². The molecule has 2 heterocycles. The average molecular weight is 367 g/mol. The second kappa shape index (κ2) is 7.26. The summed E-state index contributed by atoms with van der Waals surface area (Å²) in [5.41, 5.74) is 1.09. The molecule has 0 aromatic heterocycles. The summed E-state index contributed by atoms with van der Waals surface area (Å²) in [5, 5.41) is 5.13. The Kier molecular flexibility index (Phi) is 4.66. The Morgan fingerprint density at radius 1 is 1.11 bits per heavy atom. The summed E-state index contributed by atoms with van der Waals surface area (Å²) in [7, 11) is 0. The molecule has 1 atom stereocenters. The molecule has 7 nitrogen and oxygen atoms in total. The van der Waals surface area contributed by atoms with Crippen LogP contribution in [0.2, 0.25) is 0 Å². The quantitative estimate of drug-likeness (QED) is 0.869. The Bertz CT molecular complexity index is 892. The fourth-order valence-corrected chi connectivity index (χ4v) is 3.67. The van der Waals surface area contributed by atoms with E-state index in [0.717, 1.165) is 16.3 Å². The molecule has 0 bridgehead atoms. The molecule has 0 saturated carbocycles. The highest BCUT2D eigenvalue weighted by Gasteiger charge is 2.32. The van der Waals surface area contributed by atoms with Gasteiger partial charge < -0.3 is 15.0 Å². The van der Waals surface area contributed by atoms with Crippen LogP contribution >= 0.6 is 0 Å². The number of hydrogen-bond acceptors (Lipinski definition) is 4. The first-order valence-corrected chi connectivity index (χ1v) is 9.05. The number of rotatable bonds is 5. The molecule has 1 unspecified atom stereocenters. The summed E-state index contributed by atoms with van der Waals surface area (Å²) >= 11 is 0. The van der Waals surface area contributed by atoms with Crippen LogP contribution in [0.1, 0.15) is 12.0 Å². The maximum absolute atomic E-state index is 12.4. The first-order valence-electron chi connectivity index (χ1n) is 9.05. The van der Waals surface area contributed by atoms with E-state index in [1.807, 2.05) is 24.3 Å². The molecule has 0 radical (unpaired) electrons. The fourth-order valence-electron chi connectivity index (χ4n) is 3.67. The Morgan fingerprint density at radius 2 is 1.93 bits per heavy atom. The van der Waals surface area contributed by atoms with Crippen LogP contribution in [0.4, 0.5) is 4.79 Å². The zero-order chi connectivity index (χ0) is 18.8. The predicted molar refractivity (Wildman–Crippen MR) is 98.8 cm³/mol. The fraction of sp³-hybridized carbons (Fsp3) is 0.350. The van der Waals surface area contributed by atoms with Gasteiger partial charge in [0.2, 0.25) is 11.8 Å². The number of ether oxygens (including phenoxy) is 1. The molecule has 2 aromatic rings. The summed E-state index contributed by atoms with van der Waals surface area (Å²) in [5.74, 6) is -0.243. The molecule has 0 aliphatic carbocycles. The van der Waals surface area contributed by atoms with Gasteiger partial charge in [0.05, 0.1) is 12.6 Å². The van der Waals surface area contributed by atoms with Gasteiger partial charge in [-0.15, -0.1) is 0 Å². The van der Waals surface area contributed by atoms with E-state index in [0.29, 0.717) is 26.2 Å². The minimum absolute atomic E-state index is 0.0221. The van der Waals surface area contributed by atoms with Crippen molar-refractivity contribution >= 4 is 28.7 Å². The van der Waals surface area contributed by atoms with Crippen LogP contribution in [-0.2, 0) is 20.9 Å². The van der Waals surface area contributed by atoms with Crippen molar-refractivity contribution in [3.63, 3.8) is 0 Å². The lowest BCUT2D eigenvalue weighted by Gasteiger charge is -2.19. The monoisotopic (exact) mass is 367 g/mol. The third-order valence-corrected chi connectivity index (χ3v) is 5.00. The molecular weight excluding hydrogens is 346 g/mol. The standard InChI is InChI=1S/C20H21N3O4/c24-18(13-22-8-9-27-20(22)26)21-16-10-19(25)23(12-16)11-15-6-3-5-14-4-1-2-7-17(14)15/h1-7,16H,8-13H2,(H,21,24). The number of carbonyl (C=O) groups is 3. The number of fused-ring (bicyclic) bond motifs is 1. The van der Waals surface area contributed by atoms with Gasteiger partial charge >= 0.3 is 6.09 Å². The maximum Gasteiger partial charge on any atom is 0.410 e. The van der Waals surface area contributed by atoms with Gasteiger partial charge in [0.25, 0.3) is 0 Å². The number of carbonyl (C=O) groups excluding carboxylic acids is 3. The van der Waals surface area contributed by atoms with E-state index >= 15 is 0 Å². The molecule has 2 saturated heterocycles. The molecule has 140 valence electrons. The van der Waals surface area contributed by atoms with Gasteiger partial charge in [-0.25, -0.2) is 4.79 Å². The molecule has 27 heavy (non-hydrogen) atoms. The minimum Gasteiger partial charge on any atom is -0.448 e. The van der Waals surface area contributed by atoms with Crippen LogP contribution in [0, 0.1) is 0 Å². The van der Waals surface area contributed by atoms with Crippen LogP contribution < -0.4 is 5.32 Å². The number of benzene rings is 2.